The lowest BCUT2D eigenvalue weighted by atomic mass is 10.1. The molecule has 1 saturated heterocycles. The van der Waals surface area contributed by atoms with Crippen molar-refractivity contribution >= 4 is 28.6 Å². The van der Waals surface area contributed by atoms with Gasteiger partial charge in [-0.2, -0.15) is 0 Å². The van der Waals surface area contributed by atoms with E-state index in [0.717, 1.165) is 5.69 Å². The molecule has 0 bridgehead atoms. The van der Waals surface area contributed by atoms with Gasteiger partial charge in [-0.25, -0.2) is 9.59 Å². The third-order valence-corrected chi connectivity index (χ3v) is 4.40. The molecule has 1 aliphatic heterocycles. The van der Waals surface area contributed by atoms with Gasteiger partial charge in [-0.05, 0) is 39.0 Å². The van der Waals surface area contributed by atoms with Crippen molar-refractivity contribution < 1.29 is 19.2 Å². The molecule has 1 fully saturated rings. The van der Waals surface area contributed by atoms with Gasteiger partial charge in [0.15, 0.2) is 5.84 Å². The lowest BCUT2D eigenvalue weighted by Crippen LogP contribution is -2.50. The lowest BCUT2D eigenvalue weighted by Gasteiger charge is -2.36. The number of nitrogens with zero attached hydrogens (tertiary/aromatic N) is 3. The first kappa shape index (κ1) is 23.1. The Balaban J connectivity index is 0.00000155. The molecule has 3 N–H and O–H groups in total. The molecule has 9 nitrogen and oxygen atoms in total. The highest BCUT2D eigenvalue weighted by Gasteiger charge is 2.26. The minimum atomic E-state index is -0.672. The summed E-state index contributed by atoms with van der Waals surface area (Å²) in [5, 5.41) is 12.3. The molecule has 9 heteroatoms. The summed E-state index contributed by atoms with van der Waals surface area (Å²) in [6.45, 7) is 11.9. The Bertz CT molecular complexity index is 970. The fraction of sp³-hybridized carbons (Fsp3) is 0.476. The van der Waals surface area contributed by atoms with Gasteiger partial charge in [-0.15, -0.1) is 0 Å². The van der Waals surface area contributed by atoms with Crippen LogP contribution in [0.2, 0.25) is 0 Å². The van der Waals surface area contributed by atoms with Crippen molar-refractivity contribution in [2.24, 2.45) is 10.9 Å². The molecule has 30 heavy (non-hydrogen) atoms. The van der Waals surface area contributed by atoms with Crippen LogP contribution in [0.15, 0.2) is 38.6 Å². The van der Waals surface area contributed by atoms with Crippen molar-refractivity contribution in [1.82, 2.24) is 4.90 Å². The topological polar surface area (TPSA) is 122 Å². The van der Waals surface area contributed by atoms with Crippen LogP contribution < -0.4 is 16.3 Å². The number of amidine groups is 1. The van der Waals surface area contributed by atoms with E-state index in [9.17, 15) is 9.59 Å². The molecular formula is C21H30N4O5. The Hall–Kier alpha value is -3.23. The van der Waals surface area contributed by atoms with Gasteiger partial charge in [0, 0.05) is 43.3 Å². The monoisotopic (exact) mass is 418 g/mol. The Morgan fingerprint density at radius 2 is 1.80 bits per heavy atom. The van der Waals surface area contributed by atoms with E-state index in [1.54, 1.807) is 11.0 Å². The number of rotatable bonds is 2. The highest BCUT2D eigenvalue weighted by Crippen LogP contribution is 2.23. The predicted octanol–water partition coefficient (Wildman–Crippen LogP) is 2.97. The SMILES string of the molecule is CC.CC(C)(C)OC(=O)N1CCN(c2ccc3cc(/C(N)=N/O)c(=O)oc3c2)CC1. The number of fused-ring (bicyclic) bond motifs is 1. The molecular weight excluding hydrogens is 388 g/mol. The first-order valence-corrected chi connectivity index (χ1v) is 9.96. The van der Waals surface area contributed by atoms with Gasteiger partial charge in [0.2, 0.25) is 0 Å². The quantitative estimate of drug-likeness (QED) is 0.253. The standard InChI is InChI=1S/C19H24N4O5.C2H6/c1-19(2,3)28-18(25)23-8-6-22(7-9-23)13-5-4-12-10-14(16(20)21-26)17(24)27-15(12)11-13;1-2/h4-5,10-11,26H,6-9H2,1-3H3,(H2,20,21);1-2H3. The van der Waals surface area contributed by atoms with Gasteiger partial charge >= 0.3 is 11.7 Å². The highest BCUT2D eigenvalue weighted by atomic mass is 16.6. The van der Waals surface area contributed by atoms with Crippen LogP contribution in [0.3, 0.4) is 0 Å². The Labute approximate surface area is 175 Å². The average Bonchev–Trinajstić information content (AvgIpc) is 2.72. The van der Waals surface area contributed by atoms with Gasteiger partial charge in [0.25, 0.3) is 0 Å². The summed E-state index contributed by atoms with van der Waals surface area (Å²) in [7, 11) is 0. The van der Waals surface area contributed by atoms with Crippen molar-refractivity contribution in [1.29, 1.82) is 0 Å². The Morgan fingerprint density at radius 3 is 2.37 bits per heavy atom. The summed E-state index contributed by atoms with van der Waals surface area (Å²) < 4.78 is 10.7. The van der Waals surface area contributed by atoms with Crippen LogP contribution in [0.4, 0.5) is 10.5 Å². The fourth-order valence-corrected chi connectivity index (χ4v) is 3.00. The molecule has 0 unspecified atom stereocenters. The van der Waals surface area contributed by atoms with Crippen molar-refractivity contribution in [2.45, 2.75) is 40.2 Å². The maximum absolute atomic E-state index is 12.2. The van der Waals surface area contributed by atoms with E-state index < -0.39 is 11.2 Å². The van der Waals surface area contributed by atoms with Crippen LogP contribution in [0.1, 0.15) is 40.2 Å². The molecule has 1 aliphatic rings. The number of nitrogens with two attached hydrogens (primary N) is 1. The number of ether oxygens (including phenoxy) is 1. The van der Waals surface area contributed by atoms with Crippen molar-refractivity contribution in [3.05, 3.63) is 40.2 Å². The van der Waals surface area contributed by atoms with E-state index in [1.807, 2.05) is 46.8 Å². The molecule has 1 aromatic carbocycles. The second kappa shape index (κ2) is 9.51. The summed E-state index contributed by atoms with van der Waals surface area (Å²) >= 11 is 0. The van der Waals surface area contributed by atoms with E-state index in [4.69, 9.17) is 20.1 Å². The number of piperazine rings is 1. The molecule has 0 aliphatic carbocycles. The van der Waals surface area contributed by atoms with Crippen LogP contribution in [0.25, 0.3) is 11.0 Å². The van der Waals surface area contributed by atoms with E-state index in [2.05, 4.69) is 10.1 Å². The molecule has 0 spiro atoms. The van der Waals surface area contributed by atoms with Crippen LogP contribution >= 0.6 is 0 Å². The number of benzene rings is 1. The number of oxime groups is 1. The van der Waals surface area contributed by atoms with E-state index >= 15 is 0 Å². The molecule has 1 amide bonds. The summed E-state index contributed by atoms with van der Waals surface area (Å²) in [5.74, 6) is -0.294. The van der Waals surface area contributed by atoms with Crippen molar-refractivity contribution in [3.8, 4) is 0 Å². The Morgan fingerprint density at radius 1 is 1.17 bits per heavy atom. The first-order valence-electron chi connectivity index (χ1n) is 9.96. The number of hydrogen-bond donors (Lipinski definition) is 2. The van der Waals surface area contributed by atoms with Crippen LogP contribution in [-0.2, 0) is 4.74 Å². The minimum Gasteiger partial charge on any atom is -0.444 e. The van der Waals surface area contributed by atoms with E-state index in [0.29, 0.717) is 37.1 Å². The average molecular weight is 418 g/mol. The largest absolute Gasteiger partial charge is 0.444 e. The van der Waals surface area contributed by atoms with E-state index in [-0.39, 0.29) is 17.5 Å². The zero-order chi connectivity index (χ0) is 22.5. The van der Waals surface area contributed by atoms with Crippen LogP contribution in [0.5, 0.6) is 0 Å². The number of carbonyl (C=O) groups is 1. The maximum atomic E-state index is 12.2. The number of hydrogen-bond acceptors (Lipinski definition) is 7. The van der Waals surface area contributed by atoms with Gasteiger partial charge in [-0.3, -0.25) is 0 Å². The normalized spacial score (nSPS) is 14.9. The zero-order valence-corrected chi connectivity index (χ0v) is 18.1. The Kier molecular flexibility index (Phi) is 7.31. The fourth-order valence-electron chi connectivity index (χ4n) is 3.00. The van der Waals surface area contributed by atoms with Gasteiger partial charge in [-0.1, -0.05) is 19.0 Å². The first-order chi connectivity index (χ1) is 14.2. The summed E-state index contributed by atoms with van der Waals surface area (Å²) in [6.07, 6.45) is -0.313. The van der Waals surface area contributed by atoms with Crippen LogP contribution in [0, 0.1) is 0 Å². The van der Waals surface area contributed by atoms with Crippen molar-refractivity contribution in [3.63, 3.8) is 0 Å². The predicted molar refractivity (Wildman–Crippen MR) is 116 cm³/mol. The molecule has 3 rings (SSSR count). The smallest absolute Gasteiger partial charge is 0.410 e. The number of amides is 1. The van der Waals surface area contributed by atoms with Crippen LogP contribution in [-0.4, -0.2) is 53.8 Å². The summed E-state index contributed by atoms with van der Waals surface area (Å²) in [5.41, 5.74) is 5.61. The molecule has 2 heterocycles. The third kappa shape index (κ3) is 5.43. The second-order valence-corrected chi connectivity index (χ2v) is 7.61. The second-order valence-electron chi connectivity index (χ2n) is 7.61. The molecule has 2 aromatic rings. The molecule has 0 atom stereocenters. The minimum absolute atomic E-state index is 0.00808. The van der Waals surface area contributed by atoms with Gasteiger partial charge in [0.05, 0.1) is 0 Å². The van der Waals surface area contributed by atoms with Gasteiger partial charge in [0.1, 0.15) is 16.7 Å². The van der Waals surface area contributed by atoms with Crippen molar-refractivity contribution in [2.75, 3.05) is 31.1 Å². The summed E-state index contributed by atoms with van der Waals surface area (Å²) in [4.78, 5) is 28.0. The number of carbonyl (C=O) groups excluding carboxylic acids is 1. The summed E-state index contributed by atoms with van der Waals surface area (Å²) in [6, 6.07) is 7.01. The lowest BCUT2D eigenvalue weighted by molar-refractivity contribution is 0.0240. The number of anilines is 1. The van der Waals surface area contributed by atoms with Gasteiger partial charge < -0.3 is 29.9 Å². The molecule has 0 radical (unpaired) electrons. The van der Waals surface area contributed by atoms with E-state index in [1.165, 1.54) is 6.07 Å². The molecule has 1 aromatic heterocycles. The highest BCUT2D eigenvalue weighted by molar-refractivity contribution is 5.99. The maximum Gasteiger partial charge on any atom is 0.410 e. The molecule has 164 valence electrons. The third-order valence-electron chi connectivity index (χ3n) is 4.40. The molecule has 0 saturated carbocycles. The zero-order valence-electron chi connectivity index (χ0n) is 18.1.